The molecule has 0 spiro atoms. The summed E-state index contributed by atoms with van der Waals surface area (Å²) >= 11 is 3.51. The highest BCUT2D eigenvalue weighted by molar-refractivity contribution is 9.10. The average Bonchev–Trinajstić information content (AvgIpc) is 2.27. The zero-order valence-electron chi connectivity index (χ0n) is 11.7. The van der Waals surface area contributed by atoms with Crippen molar-refractivity contribution < 1.29 is 5.11 Å². The van der Waals surface area contributed by atoms with Gasteiger partial charge in [-0.1, -0.05) is 22.0 Å². The molecule has 1 N–H and O–H groups in total. The van der Waals surface area contributed by atoms with E-state index in [-0.39, 0.29) is 0 Å². The summed E-state index contributed by atoms with van der Waals surface area (Å²) in [5.41, 5.74) is 2.10. The van der Waals surface area contributed by atoms with E-state index in [0.29, 0.717) is 0 Å². The Hall–Kier alpha value is -0.580. The van der Waals surface area contributed by atoms with Crippen LogP contribution in [0.2, 0.25) is 0 Å². The van der Waals surface area contributed by atoms with Crippen LogP contribution >= 0.6 is 15.9 Å². The molecule has 0 saturated heterocycles. The van der Waals surface area contributed by atoms with Gasteiger partial charge >= 0.3 is 0 Å². The van der Waals surface area contributed by atoms with Gasteiger partial charge < -0.3 is 14.9 Å². The standard InChI is InChI=1S/C14H23BrN2O/c1-11(18)13-7-6-12(10-14(13)15)17(4)9-5-8-16(2)3/h6-7,10-11,18H,5,8-9H2,1-4H3/t11-/m0/s1. The normalized spacial score (nSPS) is 12.8. The summed E-state index contributed by atoms with van der Waals surface area (Å²) in [6, 6.07) is 6.10. The van der Waals surface area contributed by atoms with Crippen LogP contribution in [0.25, 0.3) is 0 Å². The first-order valence-corrected chi connectivity index (χ1v) is 7.04. The average molecular weight is 315 g/mol. The largest absolute Gasteiger partial charge is 0.389 e. The number of aliphatic hydroxyl groups is 1. The van der Waals surface area contributed by atoms with Crippen LogP contribution in [-0.2, 0) is 0 Å². The number of hydrogen-bond acceptors (Lipinski definition) is 3. The number of benzene rings is 1. The molecule has 0 heterocycles. The maximum atomic E-state index is 9.59. The predicted molar refractivity (Wildman–Crippen MR) is 81.2 cm³/mol. The molecule has 0 radical (unpaired) electrons. The number of rotatable bonds is 6. The van der Waals surface area contributed by atoms with Crippen LogP contribution in [0.3, 0.4) is 0 Å². The van der Waals surface area contributed by atoms with Crippen molar-refractivity contribution in [3.63, 3.8) is 0 Å². The first-order chi connectivity index (χ1) is 8.41. The van der Waals surface area contributed by atoms with Gasteiger partial charge in [-0.25, -0.2) is 0 Å². The third kappa shape index (κ3) is 4.59. The van der Waals surface area contributed by atoms with Crippen molar-refractivity contribution >= 4 is 21.6 Å². The minimum atomic E-state index is -0.438. The Bertz CT molecular complexity index is 380. The molecule has 0 bridgehead atoms. The van der Waals surface area contributed by atoms with Gasteiger partial charge in [-0.2, -0.15) is 0 Å². The Balaban J connectivity index is 2.63. The second-order valence-corrected chi connectivity index (χ2v) is 5.81. The zero-order chi connectivity index (χ0) is 13.7. The number of nitrogens with zero attached hydrogens (tertiary/aromatic N) is 2. The summed E-state index contributed by atoms with van der Waals surface area (Å²) in [6.45, 7) is 3.90. The molecular weight excluding hydrogens is 292 g/mol. The van der Waals surface area contributed by atoms with E-state index < -0.39 is 6.10 Å². The van der Waals surface area contributed by atoms with Gasteiger partial charge in [0.25, 0.3) is 0 Å². The minimum Gasteiger partial charge on any atom is -0.389 e. The second-order valence-electron chi connectivity index (χ2n) is 4.96. The Morgan fingerprint density at radius 3 is 2.39 bits per heavy atom. The molecule has 1 aromatic carbocycles. The number of hydrogen-bond donors (Lipinski definition) is 1. The van der Waals surface area contributed by atoms with Crippen LogP contribution in [0.1, 0.15) is 25.0 Å². The second kappa shape index (κ2) is 7.12. The van der Waals surface area contributed by atoms with Gasteiger partial charge in [0.2, 0.25) is 0 Å². The van der Waals surface area contributed by atoms with Gasteiger partial charge in [-0.05, 0) is 51.7 Å². The van der Waals surface area contributed by atoms with Crippen molar-refractivity contribution in [3.05, 3.63) is 28.2 Å². The lowest BCUT2D eigenvalue weighted by Gasteiger charge is -2.21. The number of aliphatic hydroxyl groups excluding tert-OH is 1. The van der Waals surface area contributed by atoms with Crippen LogP contribution in [0.15, 0.2) is 22.7 Å². The van der Waals surface area contributed by atoms with E-state index in [9.17, 15) is 5.11 Å². The van der Waals surface area contributed by atoms with E-state index in [4.69, 9.17) is 0 Å². The molecule has 4 heteroatoms. The molecule has 1 aromatic rings. The molecule has 0 unspecified atom stereocenters. The fourth-order valence-electron chi connectivity index (χ4n) is 1.85. The van der Waals surface area contributed by atoms with Gasteiger partial charge in [-0.3, -0.25) is 0 Å². The van der Waals surface area contributed by atoms with Crippen LogP contribution in [-0.4, -0.2) is 44.2 Å². The van der Waals surface area contributed by atoms with Gasteiger partial charge in [0.05, 0.1) is 6.10 Å². The van der Waals surface area contributed by atoms with Crippen molar-refractivity contribution in [1.29, 1.82) is 0 Å². The molecule has 0 saturated carbocycles. The Kier molecular flexibility index (Phi) is 6.12. The summed E-state index contributed by atoms with van der Waals surface area (Å²) in [6.07, 6.45) is 0.701. The molecule has 0 fully saturated rings. The fourth-order valence-corrected chi connectivity index (χ4v) is 2.54. The number of anilines is 1. The monoisotopic (exact) mass is 314 g/mol. The summed E-state index contributed by atoms with van der Waals surface area (Å²) in [5.74, 6) is 0. The maximum absolute atomic E-state index is 9.59. The first-order valence-electron chi connectivity index (χ1n) is 6.25. The van der Waals surface area contributed by atoms with Crippen LogP contribution in [0, 0.1) is 0 Å². The van der Waals surface area contributed by atoms with E-state index in [0.717, 1.165) is 29.5 Å². The molecule has 18 heavy (non-hydrogen) atoms. The molecule has 102 valence electrons. The molecule has 0 aliphatic heterocycles. The summed E-state index contributed by atoms with van der Waals surface area (Å²) in [5, 5.41) is 9.59. The van der Waals surface area contributed by atoms with E-state index in [1.807, 2.05) is 6.07 Å². The predicted octanol–water partition coefficient (Wildman–Crippen LogP) is 2.89. The highest BCUT2D eigenvalue weighted by Gasteiger charge is 2.08. The smallest absolute Gasteiger partial charge is 0.0772 e. The Morgan fingerprint density at radius 1 is 1.22 bits per heavy atom. The SMILES string of the molecule is C[C@H](O)c1ccc(N(C)CCCN(C)C)cc1Br. The summed E-state index contributed by atoms with van der Waals surface area (Å²) in [7, 11) is 6.28. The van der Waals surface area contributed by atoms with E-state index in [2.05, 4.69) is 59.0 Å². The lowest BCUT2D eigenvalue weighted by molar-refractivity contribution is 0.198. The van der Waals surface area contributed by atoms with Gasteiger partial charge in [0.1, 0.15) is 0 Å². The molecule has 0 amide bonds. The third-order valence-corrected chi connectivity index (χ3v) is 3.66. The van der Waals surface area contributed by atoms with Crippen LogP contribution in [0.4, 0.5) is 5.69 Å². The molecule has 0 aromatic heterocycles. The maximum Gasteiger partial charge on any atom is 0.0772 e. The molecule has 1 rings (SSSR count). The van der Waals surface area contributed by atoms with Crippen molar-refractivity contribution in [3.8, 4) is 0 Å². The Morgan fingerprint density at radius 2 is 1.89 bits per heavy atom. The third-order valence-electron chi connectivity index (χ3n) is 2.97. The lowest BCUT2D eigenvalue weighted by Crippen LogP contribution is -2.23. The van der Waals surface area contributed by atoms with E-state index in [1.165, 1.54) is 5.69 Å². The highest BCUT2D eigenvalue weighted by Crippen LogP contribution is 2.27. The first kappa shape index (κ1) is 15.5. The van der Waals surface area contributed by atoms with Crippen LogP contribution < -0.4 is 4.90 Å². The van der Waals surface area contributed by atoms with Gasteiger partial charge in [0.15, 0.2) is 0 Å². The summed E-state index contributed by atoms with van der Waals surface area (Å²) in [4.78, 5) is 4.43. The number of halogens is 1. The summed E-state index contributed by atoms with van der Waals surface area (Å²) < 4.78 is 0.967. The molecular formula is C14H23BrN2O. The van der Waals surface area contributed by atoms with Crippen molar-refractivity contribution in [2.45, 2.75) is 19.4 Å². The van der Waals surface area contributed by atoms with Gasteiger partial charge in [-0.15, -0.1) is 0 Å². The highest BCUT2D eigenvalue weighted by atomic mass is 79.9. The molecule has 3 nitrogen and oxygen atoms in total. The quantitative estimate of drug-likeness (QED) is 0.874. The van der Waals surface area contributed by atoms with Gasteiger partial charge in [0, 0.05) is 23.8 Å². The zero-order valence-corrected chi connectivity index (χ0v) is 13.2. The minimum absolute atomic E-state index is 0.438. The molecule has 1 atom stereocenters. The van der Waals surface area contributed by atoms with Crippen molar-refractivity contribution in [2.75, 3.05) is 39.1 Å². The van der Waals surface area contributed by atoms with E-state index in [1.54, 1.807) is 6.92 Å². The van der Waals surface area contributed by atoms with Crippen molar-refractivity contribution in [2.24, 2.45) is 0 Å². The topological polar surface area (TPSA) is 26.7 Å². The fraction of sp³-hybridized carbons (Fsp3) is 0.571. The molecule has 0 aliphatic carbocycles. The van der Waals surface area contributed by atoms with E-state index >= 15 is 0 Å². The molecule has 0 aliphatic rings. The van der Waals surface area contributed by atoms with Crippen LogP contribution in [0.5, 0.6) is 0 Å². The lowest BCUT2D eigenvalue weighted by atomic mass is 10.1. The Labute approximate surface area is 119 Å². The van der Waals surface area contributed by atoms with Crippen molar-refractivity contribution in [1.82, 2.24) is 4.90 Å².